The number of nitrogens with one attached hydrogen (secondary N) is 2. The summed E-state index contributed by atoms with van der Waals surface area (Å²) in [6, 6.07) is 9.22. The van der Waals surface area contributed by atoms with Crippen LogP contribution in [0.25, 0.3) is 0 Å². The molecule has 2 aromatic carbocycles. The van der Waals surface area contributed by atoms with Crippen molar-refractivity contribution in [2.45, 2.75) is 13.3 Å². The van der Waals surface area contributed by atoms with Crippen LogP contribution in [0.2, 0.25) is 0 Å². The number of amides is 2. The first kappa shape index (κ1) is 18.3. The van der Waals surface area contributed by atoms with Gasteiger partial charge in [-0.3, -0.25) is 9.59 Å². The fourth-order valence-corrected chi connectivity index (χ4v) is 2.29. The maximum absolute atomic E-state index is 13.7. The first-order chi connectivity index (χ1) is 11.9. The molecule has 0 saturated carbocycles. The van der Waals surface area contributed by atoms with Gasteiger partial charge in [0, 0.05) is 12.6 Å². The topological polar surface area (TPSA) is 76.7 Å². The van der Waals surface area contributed by atoms with Crippen LogP contribution >= 0.6 is 0 Å². The predicted molar refractivity (Wildman–Crippen MR) is 92.6 cm³/mol. The molecule has 0 saturated heterocycles. The molecule has 0 aliphatic carbocycles. The standard InChI is InChI=1S/C18H19FN2O4/c1-11(22)20-13-5-7-17(25-3)15(10-13)21-18(23)9-12-4-6-16(24-2)14(19)8-12/h4-8,10H,9H2,1-3H3,(H,20,22)(H,21,23). The van der Waals surface area contributed by atoms with Crippen LogP contribution in [0.4, 0.5) is 15.8 Å². The maximum Gasteiger partial charge on any atom is 0.228 e. The smallest absolute Gasteiger partial charge is 0.228 e. The number of carbonyl (C=O) groups excluding carboxylic acids is 2. The van der Waals surface area contributed by atoms with Crippen molar-refractivity contribution in [1.29, 1.82) is 0 Å². The van der Waals surface area contributed by atoms with E-state index in [9.17, 15) is 14.0 Å². The van der Waals surface area contributed by atoms with Crippen LogP contribution in [0.1, 0.15) is 12.5 Å². The highest BCUT2D eigenvalue weighted by Gasteiger charge is 2.11. The summed E-state index contributed by atoms with van der Waals surface area (Å²) >= 11 is 0. The number of carbonyl (C=O) groups is 2. The van der Waals surface area contributed by atoms with Crippen molar-refractivity contribution in [2.24, 2.45) is 0 Å². The molecule has 0 radical (unpaired) electrons. The van der Waals surface area contributed by atoms with Gasteiger partial charge in [-0.25, -0.2) is 4.39 Å². The third-order valence-electron chi connectivity index (χ3n) is 3.37. The van der Waals surface area contributed by atoms with Gasteiger partial charge in [0.15, 0.2) is 11.6 Å². The molecule has 0 bridgehead atoms. The molecule has 0 aromatic heterocycles. The van der Waals surface area contributed by atoms with Gasteiger partial charge in [0.2, 0.25) is 11.8 Å². The van der Waals surface area contributed by atoms with Gasteiger partial charge in [-0.15, -0.1) is 0 Å². The lowest BCUT2D eigenvalue weighted by atomic mass is 10.1. The molecule has 2 amide bonds. The van der Waals surface area contributed by atoms with Gasteiger partial charge in [0.05, 0.1) is 26.3 Å². The van der Waals surface area contributed by atoms with Crippen molar-refractivity contribution < 1.29 is 23.5 Å². The largest absolute Gasteiger partial charge is 0.495 e. The molecule has 2 rings (SSSR count). The van der Waals surface area contributed by atoms with Crippen LogP contribution in [-0.4, -0.2) is 26.0 Å². The van der Waals surface area contributed by atoms with E-state index in [-0.39, 0.29) is 24.0 Å². The molecule has 0 aliphatic heterocycles. The number of hydrogen-bond acceptors (Lipinski definition) is 4. The SMILES string of the molecule is COc1ccc(CC(=O)Nc2cc(NC(C)=O)ccc2OC)cc1F. The molecule has 0 atom stereocenters. The van der Waals surface area contributed by atoms with Crippen LogP contribution in [0, 0.1) is 5.82 Å². The zero-order valence-electron chi connectivity index (χ0n) is 14.2. The average Bonchev–Trinajstić information content (AvgIpc) is 2.54. The summed E-state index contributed by atoms with van der Waals surface area (Å²) in [5.41, 5.74) is 1.44. The lowest BCUT2D eigenvalue weighted by Gasteiger charge is -2.12. The summed E-state index contributed by atoms with van der Waals surface area (Å²) in [4.78, 5) is 23.4. The minimum absolute atomic E-state index is 0.0194. The molecule has 132 valence electrons. The van der Waals surface area contributed by atoms with Crippen LogP contribution in [0.3, 0.4) is 0 Å². The van der Waals surface area contributed by atoms with Gasteiger partial charge in [0.1, 0.15) is 5.75 Å². The number of halogens is 1. The Kier molecular flexibility index (Phi) is 5.94. The molecule has 0 spiro atoms. The minimum Gasteiger partial charge on any atom is -0.495 e. The summed E-state index contributed by atoms with van der Waals surface area (Å²) in [7, 11) is 2.85. The second-order valence-corrected chi connectivity index (χ2v) is 5.29. The first-order valence-corrected chi connectivity index (χ1v) is 7.51. The summed E-state index contributed by atoms with van der Waals surface area (Å²) in [6.07, 6.45) is -0.0194. The molecule has 2 aromatic rings. The Morgan fingerprint density at radius 1 is 1.00 bits per heavy atom. The maximum atomic E-state index is 13.7. The molecule has 0 aliphatic rings. The molecule has 2 N–H and O–H groups in total. The molecule has 0 unspecified atom stereocenters. The quantitative estimate of drug-likeness (QED) is 0.843. The van der Waals surface area contributed by atoms with Crippen molar-refractivity contribution in [3.05, 3.63) is 47.8 Å². The molecule has 0 heterocycles. The van der Waals surface area contributed by atoms with Gasteiger partial charge >= 0.3 is 0 Å². The molecular formula is C18H19FN2O4. The van der Waals surface area contributed by atoms with Crippen LogP contribution in [0.5, 0.6) is 11.5 Å². The van der Waals surface area contributed by atoms with E-state index in [1.54, 1.807) is 24.3 Å². The van der Waals surface area contributed by atoms with Crippen molar-refractivity contribution in [1.82, 2.24) is 0 Å². The van der Waals surface area contributed by atoms with E-state index in [0.717, 1.165) is 0 Å². The molecule has 6 nitrogen and oxygen atoms in total. The van der Waals surface area contributed by atoms with Crippen molar-refractivity contribution in [3.63, 3.8) is 0 Å². The highest BCUT2D eigenvalue weighted by atomic mass is 19.1. The second kappa shape index (κ2) is 8.14. The first-order valence-electron chi connectivity index (χ1n) is 7.51. The number of ether oxygens (including phenoxy) is 2. The Bertz CT molecular complexity index is 793. The van der Waals surface area contributed by atoms with E-state index < -0.39 is 5.82 Å². The Hall–Kier alpha value is -3.09. The monoisotopic (exact) mass is 346 g/mol. The van der Waals surface area contributed by atoms with Crippen molar-refractivity contribution >= 4 is 23.2 Å². The Balaban J connectivity index is 2.13. The lowest BCUT2D eigenvalue weighted by molar-refractivity contribution is -0.116. The number of benzene rings is 2. The predicted octanol–water partition coefficient (Wildman–Crippen LogP) is 2.98. The zero-order chi connectivity index (χ0) is 18.4. The normalized spacial score (nSPS) is 10.1. The molecule has 0 fully saturated rings. The Morgan fingerprint density at radius 3 is 2.28 bits per heavy atom. The van der Waals surface area contributed by atoms with Gasteiger partial charge < -0.3 is 20.1 Å². The van der Waals surface area contributed by atoms with Crippen LogP contribution < -0.4 is 20.1 Å². The van der Waals surface area contributed by atoms with Crippen molar-refractivity contribution in [3.8, 4) is 11.5 Å². The Labute approximate surface area is 144 Å². The van der Waals surface area contributed by atoms with Gasteiger partial charge in [-0.1, -0.05) is 6.07 Å². The summed E-state index contributed by atoms with van der Waals surface area (Å²) < 4.78 is 23.8. The van der Waals surface area contributed by atoms with E-state index in [2.05, 4.69) is 10.6 Å². The fourth-order valence-electron chi connectivity index (χ4n) is 2.29. The van der Waals surface area contributed by atoms with Crippen LogP contribution in [-0.2, 0) is 16.0 Å². The van der Waals surface area contributed by atoms with E-state index in [1.165, 1.54) is 33.3 Å². The van der Waals surface area contributed by atoms with Crippen LogP contribution in [0.15, 0.2) is 36.4 Å². The molecular weight excluding hydrogens is 327 g/mol. The number of anilines is 2. The summed E-state index contributed by atoms with van der Waals surface area (Å²) in [5, 5.41) is 5.33. The third-order valence-corrected chi connectivity index (χ3v) is 3.37. The number of hydrogen-bond donors (Lipinski definition) is 2. The summed E-state index contributed by atoms with van der Waals surface area (Å²) in [5.74, 6) is -0.533. The van der Waals surface area contributed by atoms with E-state index in [1.807, 2.05) is 0 Å². The van der Waals surface area contributed by atoms with Crippen molar-refractivity contribution in [2.75, 3.05) is 24.9 Å². The number of methoxy groups -OCH3 is 2. The second-order valence-electron chi connectivity index (χ2n) is 5.29. The average molecular weight is 346 g/mol. The van der Waals surface area contributed by atoms with Gasteiger partial charge in [0.25, 0.3) is 0 Å². The molecule has 25 heavy (non-hydrogen) atoms. The third kappa shape index (κ3) is 4.94. The van der Waals surface area contributed by atoms with E-state index in [4.69, 9.17) is 9.47 Å². The summed E-state index contributed by atoms with van der Waals surface area (Å²) in [6.45, 7) is 1.39. The van der Waals surface area contributed by atoms with E-state index >= 15 is 0 Å². The van der Waals surface area contributed by atoms with Gasteiger partial charge in [-0.05, 0) is 35.9 Å². The highest BCUT2D eigenvalue weighted by Crippen LogP contribution is 2.28. The lowest BCUT2D eigenvalue weighted by Crippen LogP contribution is -2.15. The fraction of sp³-hybridized carbons (Fsp3) is 0.222. The zero-order valence-corrected chi connectivity index (χ0v) is 14.2. The van der Waals surface area contributed by atoms with Gasteiger partial charge in [-0.2, -0.15) is 0 Å². The number of rotatable bonds is 6. The van der Waals surface area contributed by atoms with E-state index in [0.29, 0.717) is 22.7 Å². The highest BCUT2D eigenvalue weighted by molar-refractivity contribution is 5.95. The molecule has 7 heteroatoms. The minimum atomic E-state index is -0.530. The Morgan fingerprint density at radius 2 is 1.68 bits per heavy atom.